The van der Waals surface area contributed by atoms with Crippen molar-refractivity contribution in [2.45, 2.75) is 0 Å². The van der Waals surface area contributed by atoms with Crippen molar-refractivity contribution in [3.8, 4) is 23.3 Å². The smallest absolute Gasteiger partial charge is 0.203 e. The number of aromatic hydroxyl groups is 1. The average molecular weight is 309 g/mol. The fourth-order valence-corrected chi connectivity index (χ4v) is 2.01. The van der Waals surface area contributed by atoms with Crippen LogP contribution in [0.3, 0.4) is 0 Å². The van der Waals surface area contributed by atoms with Gasteiger partial charge in [0.05, 0.1) is 14.2 Å². The SMILES string of the molecule is COc1ccc(C(=O)/C(C#N)=C/c2ccc(OC)c(O)c2)cc1. The molecule has 0 atom stereocenters. The molecule has 2 aromatic rings. The number of methoxy groups -OCH3 is 2. The summed E-state index contributed by atoms with van der Waals surface area (Å²) in [6.07, 6.45) is 1.42. The summed E-state index contributed by atoms with van der Waals surface area (Å²) in [5.74, 6) is 0.493. The van der Waals surface area contributed by atoms with Gasteiger partial charge in [-0.3, -0.25) is 4.79 Å². The third-order valence-corrected chi connectivity index (χ3v) is 3.23. The van der Waals surface area contributed by atoms with E-state index in [0.717, 1.165) is 0 Å². The number of nitriles is 1. The van der Waals surface area contributed by atoms with Gasteiger partial charge in [0, 0.05) is 5.56 Å². The number of Topliss-reactive ketones (excluding diaryl/α,β-unsaturated/α-hetero) is 1. The lowest BCUT2D eigenvalue weighted by Gasteiger charge is -2.05. The van der Waals surface area contributed by atoms with Crippen LogP contribution in [0, 0.1) is 11.3 Å². The first-order valence-corrected chi connectivity index (χ1v) is 6.76. The highest BCUT2D eigenvalue weighted by Gasteiger charge is 2.13. The highest BCUT2D eigenvalue weighted by atomic mass is 16.5. The van der Waals surface area contributed by atoms with Crippen molar-refractivity contribution in [3.63, 3.8) is 0 Å². The van der Waals surface area contributed by atoms with Crippen LogP contribution in [0.15, 0.2) is 48.0 Å². The first kappa shape index (κ1) is 16.1. The highest BCUT2D eigenvalue weighted by Crippen LogP contribution is 2.27. The second kappa shape index (κ2) is 7.14. The summed E-state index contributed by atoms with van der Waals surface area (Å²) in [5, 5.41) is 19.0. The van der Waals surface area contributed by atoms with Crippen molar-refractivity contribution in [1.29, 1.82) is 5.26 Å². The largest absolute Gasteiger partial charge is 0.504 e. The first-order valence-electron chi connectivity index (χ1n) is 6.76. The predicted octanol–water partition coefficient (Wildman–Crippen LogP) is 3.20. The van der Waals surface area contributed by atoms with Gasteiger partial charge in [-0.1, -0.05) is 6.07 Å². The summed E-state index contributed by atoms with van der Waals surface area (Å²) in [6, 6.07) is 13.0. The molecule has 0 spiro atoms. The number of rotatable bonds is 5. The van der Waals surface area contributed by atoms with Crippen molar-refractivity contribution >= 4 is 11.9 Å². The lowest BCUT2D eigenvalue weighted by molar-refractivity contribution is 0.104. The number of carbonyl (C=O) groups is 1. The Morgan fingerprint density at radius 2 is 1.83 bits per heavy atom. The molecule has 0 heterocycles. The molecule has 0 amide bonds. The van der Waals surface area contributed by atoms with Crippen LogP contribution in [0.2, 0.25) is 0 Å². The van der Waals surface area contributed by atoms with E-state index in [1.54, 1.807) is 36.4 Å². The summed E-state index contributed by atoms with van der Waals surface area (Å²) < 4.78 is 9.99. The van der Waals surface area contributed by atoms with Gasteiger partial charge in [0.25, 0.3) is 0 Å². The van der Waals surface area contributed by atoms with Crippen LogP contribution in [0.25, 0.3) is 6.08 Å². The van der Waals surface area contributed by atoms with E-state index in [-0.39, 0.29) is 11.3 Å². The van der Waals surface area contributed by atoms with Gasteiger partial charge < -0.3 is 14.6 Å². The van der Waals surface area contributed by atoms with E-state index in [4.69, 9.17) is 9.47 Å². The summed E-state index contributed by atoms with van der Waals surface area (Å²) in [6.45, 7) is 0. The van der Waals surface area contributed by atoms with E-state index < -0.39 is 5.78 Å². The van der Waals surface area contributed by atoms with Crippen molar-refractivity contribution in [2.24, 2.45) is 0 Å². The van der Waals surface area contributed by atoms with E-state index in [1.165, 1.54) is 26.4 Å². The van der Waals surface area contributed by atoms with E-state index in [0.29, 0.717) is 22.6 Å². The monoisotopic (exact) mass is 309 g/mol. The molecule has 0 radical (unpaired) electrons. The lowest BCUT2D eigenvalue weighted by atomic mass is 10.0. The second-order valence-corrected chi connectivity index (χ2v) is 4.66. The van der Waals surface area contributed by atoms with Crippen LogP contribution < -0.4 is 9.47 Å². The maximum absolute atomic E-state index is 12.4. The number of carbonyl (C=O) groups excluding carboxylic acids is 1. The molecule has 23 heavy (non-hydrogen) atoms. The number of ether oxygens (including phenoxy) is 2. The minimum atomic E-state index is -0.398. The Labute approximate surface area is 134 Å². The maximum atomic E-state index is 12.4. The topological polar surface area (TPSA) is 79.6 Å². The molecule has 0 aliphatic carbocycles. The molecule has 5 nitrogen and oxygen atoms in total. The molecule has 0 aliphatic rings. The molecule has 2 aromatic carbocycles. The van der Waals surface area contributed by atoms with Crippen LogP contribution in [0.5, 0.6) is 17.2 Å². The van der Waals surface area contributed by atoms with E-state index >= 15 is 0 Å². The van der Waals surface area contributed by atoms with Crippen LogP contribution in [0.4, 0.5) is 0 Å². The molecule has 0 bridgehead atoms. The van der Waals surface area contributed by atoms with Gasteiger partial charge >= 0.3 is 0 Å². The minimum absolute atomic E-state index is 0.0280. The zero-order chi connectivity index (χ0) is 16.8. The molecular weight excluding hydrogens is 294 g/mol. The predicted molar refractivity (Wildman–Crippen MR) is 85.6 cm³/mol. The zero-order valence-electron chi connectivity index (χ0n) is 12.7. The van der Waals surface area contributed by atoms with Gasteiger partial charge in [-0.2, -0.15) is 5.26 Å². The Morgan fingerprint density at radius 1 is 1.13 bits per heavy atom. The molecule has 0 saturated carbocycles. The third kappa shape index (κ3) is 3.69. The van der Waals surface area contributed by atoms with Gasteiger partial charge in [-0.15, -0.1) is 0 Å². The van der Waals surface area contributed by atoms with Crippen LogP contribution in [-0.4, -0.2) is 25.1 Å². The Kier molecular flexibility index (Phi) is 5.00. The Balaban J connectivity index is 2.32. The summed E-state index contributed by atoms with van der Waals surface area (Å²) in [5.41, 5.74) is 0.887. The molecule has 2 rings (SSSR count). The number of ketones is 1. The average Bonchev–Trinajstić information content (AvgIpc) is 2.59. The van der Waals surface area contributed by atoms with E-state index in [1.807, 2.05) is 6.07 Å². The van der Waals surface area contributed by atoms with Gasteiger partial charge in [0.15, 0.2) is 11.5 Å². The second-order valence-electron chi connectivity index (χ2n) is 4.66. The van der Waals surface area contributed by atoms with Gasteiger partial charge in [0.1, 0.15) is 17.4 Å². The number of nitrogens with zero attached hydrogens (tertiary/aromatic N) is 1. The van der Waals surface area contributed by atoms with Gasteiger partial charge in [-0.05, 0) is 48.0 Å². The zero-order valence-corrected chi connectivity index (χ0v) is 12.7. The summed E-state index contributed by atoms with van der Waals surface area (Å²) in [4.78, 5) is 12.4. The molecule has 0 unspecified atom stereocenters. The Bertz CT molecular complexity index is 786. The number of hydrogen-bond acceptors (Lipinski definition) is 5. The van der Waals surface area contributed by atoms with Crippen molar-refractivity contribution in [2.75, 3.05) is 14.2 Å². The van der Waals surface area contributed by atoms with Gasteiger partial charge in [-0.25, -0.2) is 0 Å². The lowest BCUT2D eigenvalue weighted by Crippen LogP contribution is -2.01. The number of phenolic OH excluding ortho intramolecular Hbond substituents is 1. The maximum Gasteiger partial charge on any atom is 0.203 e. The summed E-state index contributed by atoms with van der Waals surface area (Å²) in [7, 11) is 2.98. The fraction of sp³-hybridized carbons (Fsp3) is 0.111. The van der Waals surface area contributed by atoms with Crippen LogP contribution in [-0.2, 0) is 0 Å². The van der Waals surface area contributed by atoms with Crippen molar-refractivity contribution in [3.05, 3.63) is 59.2 Å². The minimum Gasteiger partial charge on any atom is -0.504 e. The quantitative estimate of drug-likeness (QED) is 0.521. The number of benzene rings is 2. The molecule has 1 N–H and O–H groups in total. The van der Waals surface area contributed by atoms with Crippen LogP contribution >= 0.6 is 0 Å². The standard InChI is InChI=1S/C18H15NO4/c1-22-15-6-4-13(5-7-15)18(21)14(11-19)9-12-3-8-17(23-2)16(20)10-12/h3-10,20H,1-2H3/b14-9+. The first-order chi connectivity index (χ1) is 11.1. The van der Waals surface area contributed by atoms with Crippen LogP contribution in [0.1, 0.15) is 15.9 Å². The number of phenols is 1. The van der Waals surface area contributed by atoms with Crippen molar-refractivity contribution < 1.29 is 19.4 Å². The molecule has 0 fully saturated rings. The fourth-order valence-electron chi connectivity index (χ4n) is 2.01. The third-order valence-electron chi connectivity index (χ3n) is 3.23. The molecule has 0 aromatic heterocycles. The Hall–Kier alpha value is -3.26. The highest BCUT2D eigenvalue weighted by molar-refractivity contribution is 6.14. The molecule has 0 aliphatic heterocycles. The Morgan fingerprint density at radius 3 is 2.35 bits per heavy atom. The van der Waals surface area contributed by atoms with E-state index in [9.17, 15) is 15.2 Å². The molecule has 116 valence electrons. The molecular formula is C18H15NO4. The normalized spacial score (nSPS) is 10.7. The molecule has 0 saturated heterocycles. The number of hydrogen-bond donors (Lipinski definition) is 1. The van der Waals surface area contributed by atoms with Crippen molar-refractivity contribution in [1.82, 2.24) is 0 Å². The molecule has 5 heteroatoms. The summed E-state index contributed by atoms with van der Waals surface area (Å²) >= 11 is 0. The number of allylic oxidation sites excluding steroid dienone is 1. The van der Waals surface area contributed by atoms with E-state index in [2.05, 4.69) is 0 Å². The van der Waals surface area contributed by atoms with Gasteiger partial charge in [0.2, 0.25) is 5.78 Å².